The van der Waals surface area contributed by atoms with Crippen LogP contribution in [0.5, 0.6) is 0 Å². The summed E-state index contributed by atoms with van der Waals surface area (Å²) in [5.41, 5.74) is 2.04. The lowest BCUT2D eigenvalue weighted by Gasteiger charge is -2.25. The van der Waals surface area contributed by atoms with E-state index in [9.17, 15) is 4.79 Å². The molecule has 0 N–H and O–H groups in total. The quantitative estimate of drug-likeness (QED) is 0.724. The van der Waals surface area contributed by atoms with Crippen LogP contribution in [0.15, 0.2) is 54.4 Å². The SMILES string of the molecule is C[C@@H](c1ccc(-n2cncn2)cc1)N(C)C(=O)Cc1cccs1. The van der Waals surface area contributed by atoms with Crippen LogP contribution in [0.2, 0.25) is 0 Å². The maximum Gasteiger partial charge on any atom is 0.228 e. The van der Waals surface area contributed by atoms with Crippen LogP contribution in [0.25, 0.3) is 5.69 Å². The Bertz CT molecular complexity index is 751. The van der Waals surface area contributed by atoms with E-state index in [2.05, 4.69) is 10.1 Å². The lowest BCUT2D eigenvalue weighted by molar-refractivity contribution is -0.131. The molecule has 2 aromatic heterocycles. The van der Waals surface area contributed by atoms with Gasteiger partial charge in [0.05, 0.1) is 18.2 Å². The van der Waals surface area contributed by atoms with E-state index in [0.29, 0.717) is 6.42 Å². The highest BCUT2D eigenvalue weighted by Gasteiger charge is 2.18. The first-order chi connectivity index (χ1) is 11.1. The Labute approximate surface area is 139 Å². The predicted octanol–water partition coefficient (Wildman–Crippen LogP) is 3.09. The lowest BCUT2D eigenvalue weighted by atomic mass is 10.1. The molecule has 23 heavy (non-hydrogen) atoms. The van der Waals surface area contributed by atoms with Crippen LogP contribution in [-0.4, -0.2) is 32.6 Å². The van der Waals surface area contributed by atoms with E-state index in [1.165, 1.54) is 6.33 Å². The topological polar surface area (TPSA) is 51.0 Å². The molecule has 2 heterocycles. The van der Waals surface area contributed by atoms with Gasteiger partial charge in [-0.15, -0.1) is 11.3 Å². The minimum absolute atomic E-state index is 0.0206. The van der Waals surface area contributed by atoms with Gasteiger partial charge >= 0.3 is 0 Å². The number of carbonyl (C=O) groups is 1. The van der Waals surface area contributed by atoms with Crippen LogP contribution in [0, 0.1) is 0 Å². The van der Waals surface area contributed by atoms with Gasteiger partial charge in [0.15, 0.2) is 0 Å². The molecule has 1 amide bonds. The molecule has 0 unspecified atom stereocenters. The van der Waals surface area contributed by atoms with Gasteiger partial charge in [-0.25, -0.2) is 9.67 Å². The Kier molecular flexibility index (Phi) is 4.52. The summed E-state index contributed by atoms with van der Waals surface area (Å²) in [7, 11) is 1.85. The molecule has 0 radical (unpaired) electrons. The van der Waals surface area contributed by atoms with Crippen LogP contribution in [0.3, 0.4) is 0 Å². The zero-order valence-electron chi connectivity index (χ0n) is 13.1. The minimum Gasteiger partial charge on any atom is -0.339 e. The van der Waals surface area contributed by atoms with Gasteiger partial charge < -0.3 is 4.90 Å². The van der Waals surface area contributed by atoms with Gasteiger partial charge in [-0.3, -0.25) is 4.79 Å². The zero-order chi connectivity index (χ0) is 16.2. The molecule has 0 saturated carbocycles. The molecule has 0 bridgehead atoms. The molecule has 118 valence electrons. The third kappa shape index (κ3) is 3.48. The van der Waals surface area contributed by atoms with Gasteiger partial charge in [0, 0.05) is 11.9 Å². The van der Waals surface area contributed by atoms with Crippen molar-refractivity contribution in [2.24, 2.45) is 0 Å². The minimum atomic E-state index is 0.0206. The molecule has 6 heteroatoms. The van der Waals surface area contributed by atoms with Crippen molar-refractivity contribution < 1.29 is 4.79 Å². The van der Waals surface area contributed by atoms with E-state index >= 15 is 0 Å². The van der Waals surface area contributed by atoms with Gasteiger partial charge in [-0.1, -0.05) is 18.2 Å². The first kappa shape index (κ1) is 15.4. The lowest BCUT2D eigenvalue weighted by Crippen LogP contribution is -2.30. The smallest absolute Gasteiger partial charge is 0.228 e. The molecule has 0 fully saturated rings. The number of carbonyl (C=O) groups excluding carboxylic acids is 1. The second-order valence-electron chi connectivity index (χ2n) is 5.37. The first-order valence-electron chi connectivity index (χ1n) is 7.38. The zero-order valence-corrected chi connectivity index (χ0v) is 13.9. The van der Waals surface area contributed by atoms with Crippen molar-refractivity contribution in [3.8, 4) is 5.69 Å². The molecule has 0 aliphatic heterocycles. The second-order valence-corrected chi connectivity index (χ2v) is 6.40. The van der Waals surface area contributed by atoms with Crippen molar-refractivity contribution in [2.45, 2.75) is 19.4 Å². The van der Waals surface area contributed by atoms with Crippen LogP contribution >= 0.6 is 11.3 Å². The number of benzene rings is 1. The summed E-state index contributed by atoms with van der Waals surface area (Å²) in [6.45, 7) is 2.04. The first-order valence-corrected chi connectivity index (χ1v) is 8.26. The second kappa shape index (κ2) is 6.75. The van der Waals surface area contributed by atoms with Crippen molar-refractivity contribution in [3.05, 3.63) is 64.9 Å². The van der Waals surface area contributed by atoms with Crippen molar-refractivity contribution in [1.82, 2.24) is 19.7 Å². The summed E-state index contributed by atoms with van der Waals surface area (Å²) < 4.78 is 1.71. The van der Waals surface area contributed by atoms with E-state index in [0.717, 1.165) is 16.1 Å². The fourth-order valence-corrected chi connectivity index (χ4v) is 3.07. The third-order valence-corrected chi connectivity index (χ3v) is 4.82. The number of rotatable bonds is 5. The Hall–Kier alpha value is -2.47. The van der Waals surface area contributed by atoms with Gasteiger partial charge in [0.1, 0.15) is 12.7 Å². The van der Waals surface area contributed by atoms with Gasteiger partial charge in [-0.2, -0.15) is 5.10 Å². The number of likely N-dealkylation sites (N-methyl/N-ethyl adjacent to an activating group) is 1. The maximum absolute atomic E-state index is 12.4. The highest BCUT2D eigenvalue weighted by Crippen LogP contribution is 2.21. The maximum atomic E-state index is 12.4. The summed E-state index contributed by atoms with van der Waals surface area (Å²) in [5.74, 6) is 0.125. The van der Waals surface area contributed by atoms with Gasteiger partial charge in [0.25, 0.3) is 0 Å². The normalized spacial score (nSPS) is 12.1. The largest absolute Gasteiger partial charge is 0.339 e. The molecule has 0 aliphatic rings. The fraction of sp³-hybridized carbons (Fsp3) is 0.235. The number of hydrogen-bond acceptors (Lipinski definition) is 4. The van der Waals surface area contributed by atoms with Crippen LogP contribution in [-0.2, 0) is 11.2 Å². The van der Waals surface area contributed by atoms with Gasteiger partial charge in [0.2, 0.25) is 5.91 Å². The Morgan fingerprint density at radius 3 is 2.70 bits per heavy atom. The predicted molar refractivity (Wildman–Crippen MR) is 90.6 cm³/mol. The summed E-state index contributed by atoms with van der Waals surface area (Å²) in [6.07, 6.45) is 3.62. The Balaban J connectivity index is 1.69. The number of amides is 1. The number of thiophene rings is 1. The molecule has 1 aromatic carbocycles. The highest BCUT2D eigenvalue weighted by atomic mass is 32.1. The Morgan fingerprint density at radius 1 is 1.30 bits per heavy atom. The molecular formula is C17H18N4OS. The van der Waals surface area contributed by atoms with Crippen LogP contribution < -0.4 is 0 Å². The van der Waals surface area contributed by atoms with Crippen LogP contribution in [0.4, 0.5) is 0 Å². The van der Waals surface area contributed by atoms with Crippen molar-refractivity contribution in [2.75, 3.05) is 7.05 Å². The molecule has 0 spiro atoms. The Morgan fingerprint density at radius 2 is 2.09 bits per heavy atom. The number of nitrogens with zero attached hydrogens (tertiary/aromatic N) is 4. The summed E-state index contributed by atoms with van der Waals surface area (Å²) in [4.78, 5) is 19.2. The molecule has 0 aliphatic carbocycles. The monoisotopic (exact) mass is 326 g/mol. The van der Waals surface area contributed by atoms with Crippen molar-refractivity contribution >= 4 is 17.2 Å². The van der Waals surface area contributed by atoms with Crippen molar-refractivity contribution in [3.63, 3.8) is 0 Å². The fourth-order valence-electron chi connectivity index (χ4n) is 2.37. The average molecular weight is 326 g/mol. The highest BCUT2D eigenvalue weighted by molar-refractivity contribution is 7.10. The van der Waals surface area contributed by atoms with E-state index in [4.69, 9.17) is 0 Å². The van der Waals surface area contributed by atoms with Gasteiger partial charge in [-0.05, 0) is 36.1 Å². The van der Waals surface area contributed by atoms with Crippen molar-refractivity contribution in [1.29, 1.82) is 0 Å². The van der Waals surface area contributed by atoms with E-state index in [1.807, 2.05) is 55.7 Å². The summed E-state index contributed by atoms with van der Waals surface area (Å²) >= 11 is 1.61. The van der Waals surface area contributed by atoms with E-state index in [1.54, 1.807) is 27.2 Å². The van der Waals surface area contributed by atoms with E-state index < -0.39 is 0 Å². The third-order valence-electron chi connectivity index (χ3n) is 3.94. The number of aromatic nitrogens is 3. The standard InChI is InChI=1S/C17H18N4OS/c1-13(20(2)17(22)10-16-4-3-9-23-16)14-5-7-15(8-6-14)21-12-18-11-19-21/h3-9,11-13H,10H2,1-2H3/t13-/m0/s1. The molecular weight excluding hydrogens is 308 g/mol. The number of hydrogen-bond donors (Lipinski definition) is 0. The molecule has 1 atom stereocenters. The summed E-state index contributed by atoms with van der Waals surface area (Å²) in [5, 5.41) is 6.10. The molecule has 5 nitrogen and oxygen atoms in total. The average Bonchev–Trinajstić information content (AvgIpc) is 3.27. The van der Waals surface area contributed by atoms with E-state index in [-0.39, 0.29) is 11.9 Å². The molecule has 3 aromatic rings. The van der Waals surface area contributed by atoms with Crippen LogP contribution in [0.1, 0.15) is 23.4 Å². The summed E-state index contributed by atoms with van der Waals surface area (Å²) in [6, 6.07) is 12.0. The molecule has 0 saturated heterocycles. The molecule has 3 rings (SSSR count).